The Morgan fingerprint density at radius 3 is 0.841 bits per heavy atom. The molecule has 0 radical (unpaired) electrons. The average molecular weight is 583 g/mol. The van der Waals surface area contributed by atoms with Crippen molar-refractivity contribution in [1.29, 1.82) is 0 Å². The summed E-state index contributed by atoms with van der Waals surface area (Å²) >= 11 is 0. The molecule has 5 aromatic rings. The predicted octanol–water partition coefficient (Wildman–Crippen LogP) is 8.60. The zero-order valence-electron chi connectivity index (χ0n) is 23.5. The zero-order chi connectivity index (χ0) is 31.1. The molecule has 0 saturated heterocycles. The predicted molar refractivity (Wildman–Crippen MR) is 178 cm³/mol. The van der Waals surface area contributed by atoms with Crippen LogP contribution in [0.4, 0.5) is 0 Å². The van der Waals surface area contributed by atoms with Gasteiger partial charge in [0.25, 0.3) is 0 Å². The molecular weight excluding hydrogens is 552 g/mol. The Morgan fingerprint density at radius 1 is 0.273 bits per heavy atom. The lowest BCUT2D eigenvalue weighted by atomic mass is 10.0. The van der Waals surface area contributed by atoms with Crippen LogP contribution in [-0.2, 0) is 0 Å². The van der Waals surface area contributed by atoms with Gasteiger partial charge in [0.05, 0.1) is 0 Å². The molecule has 0 aliphatic rings. The van der Waals surface area contributed by atoms with Crippen LogP contribution in [0.15, 0.2) is 97.1 Å². The van der Waals surface area contributed by atoms with Crippen molar-refractivity contribution in [3.63, 3.8) is 0 Å². The first-order valence-corrected chi connectivity index (χ1v) is 13.8. The zero-order valence-corrected chi connectivity index (χ0v) is 23.5. The van der Waals surface area contributed by atoms with Crippen LogP contribution in [0.5, 0.6) is 34.5 Å². The first-order valence-electron chi connectivity index (χ1n) is 13.8. The SMILES string of the molecule is Oc1ccc(O)c(/C=C\c2ccc(/C=C\c3cc(O)c(/C=C\c4ccc(/C=C\c5cc(O)ccc5O)cc4)cc3O)cc2)c1. The van der Waals surface area contributed by atoms with Gasteiger partial charge in [-0.3, -0.25) is 0 Å². The molecule has 0 saturated carbocycles. The Labute approximate surface area is 255 Å². The minimum atomic E-state index is 0.0276. The topological polar surface area (TPSA) is 121 Å². The molecule has 0 unspecified atom stereocenters. The Morgan fingerprint density at radius 2 is 0.545 bits per heavy atom. The third-order valence-corrected chi connectivity index (χ3v) is 6.89. The maximum Gasteiger partial charge on any atom is 0.123 e. The Kier molecular flexibility index (Phi) is 8.83. The number of benzene rings is 5. The summed E-state index contributed by atoms with van der Waals surface area (Å²) in [7, 11) is 0. The van der Waals surface area contributed by atoms with Gasteiger partial charge in [-0.1, -0.05) is 97.1 Å². The lowest BCUT2D eigenvalue weighted by molar-refractivity contribution is 0.458. The van der Waals surface area contributed by atoms with Crippen molar-refractivity contribution < 1.29 is 30.6 Å². The molecule has 0 bridgehead atoms. The van der Waals surface area contributed by atoms with E-state index in [9.17, 15) is 30.6 Å². The van der Waals surface area contributed by atoms with Crippen molar-refractivity contribution in [3.8, 4) is 34.5 Å². The third-order valence-electron chi connectivity index (χ3n) is 6.89. The molecule has 0 heterocycles. The van der Waals surface area contributed by atoms with Crippen LogP contribution < -0.4 is 0 Å². The van der Waals surface area contributed by atoms with E-state index in [1.54, 1.807) is 24.3 Å². The number of aromatic hydroxyl groups is 6. The lowest BCUT2D eigenvalue weighted by Gasteiger charge is -2.05. The molecule has 6 nitrogen and oxygen atoms in total. The van der Waals surface area contributed by atoms with E-state index in [4.69, 9.17) is 0 Å². The molecule has 0 atom stereocenters. The quantitative estimate of drug-likeness (QED) is 0.0805. The van der Waals surface area contributed by atoms with Gasteiger partial charge in [-0.25, -0.2) is 0 Å². The van der Waals surface area contributed by atoms with Crippen LogP contribution in [0.2, 0.25) is 0 Å². The molecule has 5 rings (SSSR count). The molecule has 0 spiro atoms. The largest absolute Gasteiger partial charge is 0.508 e. The number of rotatable bonds is 8. The van der Waals surface area contributed by atoms with Crippen molar-refractivity contribution in [2.45, 2.75) is 0 Å². The van der Waals surface area contributed by atoms with Gasteiger partial charge in [0.15, 0.2) is 0 Å². The second kappa shape index (κ2) is 13.2. The standard InChI is InChI=1S/C38H30O6/c39-33-17-19-35(41)29(21-33)13-9-25-1-5-27(6-2-25)11-15-31-23-38(44)32(24-37(31)43)16-12-28-7-3-26(4-8-28)10-14-30-22-34(40)18-20-36(30)42/h1-24,39-44H/b13-9-,14-10-,15-11-,16-12-. The molecular formula is C38H30O6. The Bertz CT molecular complexity index is 1760. The molecule has 6 N–H and O–H groups in total. The molecule has 0 amide bonds. The minimum Gasteiger partial charge on any atom is -0.508 e. The monoisotopic (exact) mass is 582 g/mol. The summed E-state index contributed by atoms with van der Waals surface area (Å²) in [6, 6.07) is 27.0. The fourth-order valence-corrected chi connectivity index (χ4v) is 4.41. The molecule has 44 heavy (non-hydrogen) atoms. The van der Waals surface area contributed by atoms with Gasteiger partial charge in [-0.2, -0.15) is 0 Å². The van der Waals surface area contributed by atoms with E-state index in [1.165, 1.54) is 48.5 Å². The maximum atomic E-state index is 10.6. The van der Waals surface area contributed by atoms with Crippen molar-refractivity contribution in [1.82, 2.24) is 0 Å². The normalized spacial score (nSPS) is 11.8. The van der Waals surface area contributed by atoms with Crippen molar-refractivity contribution in [2.75, 3.05) is 0 Å². The highest BCUT2D eigenvalue weighted by Gasteiger charge is 2.06. The van der Waals surface area contributed by atoms with Crippen LogP contribution in [0.1, 0.15) is 44.5 Å². The first-order chi connectivity index (χ1) is 21.2. The van der Waals surface area contributed by atoms with E-state index in [1.807, 2.05) is 72.8 Å². The Balaban J connectivity index is 1.22. The maximum absolute atomic E-state index is 10.6. The molecule has 0 fully saturated rings. The van der Waals surface area contributed by atoms with E-state index >= 15 is 0 Å². The van der Waals surface area contributed by atoms with Crippen molar-refractivity contribution >= 4 is 48.6 Å². The number of hydrogen-bond donors (Lipinski definition) is 6. The molecule has 0 aliphatic carbocycles. The molecule has 5 aromatic carbocycles. The highest BCUT2D eigenvalue weighted by molar-refractivity contribution is 5.80. The van der Waals surface area contributed by atoms with Crippen LogP contribution >= 0.6 is 0 Å². The van der Waals surface area contributed by atoms with Gasteiger partial charge in [-0.15, -0.1) is 0 Å². The molecule has 218 valence electrons. The Hall–Kier alpha value is -6.14. The summed E-state index contributed by atoms with van der Waals surface area (Å²) < 4.78 is 0. The van der Waals surface area contributed by atoms with Gasteiger partial charge < -0.3 is 30.6 Å². The van der Waals surface area contributed by atoms with Crippen molar-refractivity contribution in [2.24, 2.45) is 0 Å². The summed E-state index contributed by atoms with van der Waals surface area (Å²) in [5.74, 6) is 0.367. The van der Waals surface area contributed by atoms with E-state index in [2.05, 4.69) is 0 Å². The smallest absolute Gasteiger partial charge is 0.123 e. The van der Waals surface area contributed by atoms with E-state index in [0.717, 1.165) is 22.3 Å². The van der Waals surface area contributed by atoms with E-state index in [-0.39, 0.29) is 34.5 Å². The van der Waals surface area contributed by atoms with Crippen LogP contribution in [-0.4, -0.2) is 30.6 Å². The van der Waals surface area contributed by atoms with Crippen LogP contribution in [0.3, 0.4) is 0 Å². The first kappa shape index (κ1) is 29.4. The summed E-state index contributed by atoms with van der Waals surface area (Å²) in [6.07, 6.45) is 14.2. The summed E-state index contributed by atoms with van der Waals surface area (Å²) in [5, 5.41) is 60.3. The lowest BCUT2D eigenvalue weighted by Crippen LogP contribution is -1.81. The minimum absolute atomic E-state index is 0.0276. The molecule has 6 heteroatoms. The van der Waals surface area contributed by atoms with Crippen molar-refractivity contribution in [3.05, 3.63) is 142 Å². The number of phenols is 6. The van der Waals surface area contributed by atoms with Gasteiger partial charge in [0.2, 0.25) is 0 Å². The summed E-state index contributed by atoms with van der Waals surface area (Å²) in [5.41, 5.74) is 5.55. The van der Waals surface area contributed by atoms with E-state index < -0.39 is 0 Å². The second-order valence-corrected chi connectivity index (χ2v) is 10.1. The number of phenolic OH excluding ortho intramolecular Hbond substituents is 6. The van der Waals surface area contributed by atoms with Gasteiger partial charge in [-0.05, 0) is 70.8 Å². The van der Waals surface area contributed by atoms with Gasteiger partial charge in [0.1, 0.15) is 34.5 Å². The average Bonchev–Trinajstić information content (AvgIpc) is 3.02. The summed E-state index contributed by atoms with van der Waals surface area (Å²) in [6.45, 7) is 0. The molecule has 0 aliphatic heterocycles. The fraction of sp³-hybridized carbons (Fsp3) is 0. The second-order valence-electron chi connectivity index (χ2n) is 10.1. The van der Waals surface area contributed by atoms with Crippen LogP contribution in [0, 0.1) is 0 Å². The summed E-state index contributed by atoms with van der Waals surface area (Å²) in [4.78, 5) is 0. The number of hydrogen-bond acceptors (Lipinski definition) is 6. The van der Waals surface area contributed by atoms with E-state index in [0.29, 0.717) is 22.3 Å². The van der Waals surface area contributed by atoms with Gasteiger partial charge in [0, 0.05) is 22.3 Å². The highest BCUT2D eigenvalue weighted by atomic mass is 16.3. The third kappa shape index (κ3) is 7.57. The van der Waals surface area contributed by atoms with Gasteiger partial charge >= 0.3 is 0 Å². The highest BCUT2D eigenvalue weighted by Crippen LogP contribution is 2.31. The fourth-order valence-electron chi connectivity index (χ4n) is 4.41. The van der Waals surface area contributed by atoms with Crippen LogP contribution in [0.25, 0.3) is 48.6 Å². The molecule has 0 aromatic heterocycles.